The van der Waals surface area contributed by atoms with E-state index in [9.17, 15) is 4.79 Å². The largest absolute Gasteiger partial charge is 0.392 e. The molecule has 0 aliphatic heterocycles. The van der Waals surface area contributed by atoms with Gasteiger partial charge in [0.2, 0.25) is 0 Å². The maximum absolute atomic E-state index is 12.0. The van der Waals surface area contributed by atoms with Crippen molar-refractivity contribution in [3.8, 4) is 0 Å². The van der Waals surface area contributed by atoms with Crippen molar-refractivity contribution in [2.24, 2.45) is 0 Å². The second-order valence-corrected chi connectivity index (χ2v) is 5.78. The molecule has 3 N–H and O–H groups in total. The number of aromatic amines is 1. The molecule has 4 nitrogen and oxygen atoms in total. The fourth-order valence-corrected chi connectivity index (χ4v) is 2.33. The number of halogens is 2. The Balaban J connectivity index is 2.34. The molecule has 0 bridgehead atoms. The lowest BCUT2D eigenvalue weighted by molar-refractivity contribution is 0.0925. The zero-order chi connectivity index (χ0) is 13.3. The van der Waals surface area contributed by atoms with Crippen molar-refractivity contribution in [3.63, 3.8) is 0 Å². The summed E-state index contributed by atoms with van der Waals surface area (Å²) in [6, 6.07) is 3.79. The SMILES string of the molecule is C[C@H](O)CNC(=O)c1c[nH]c2cc(Br)c(Br)cc12. The van der Waals surface area contributed by atoms with Gasteiger partial charge in [0.05, 0.1) is 11.7 Å². The van der Waals surface area contributed by atoms with Gasteiger partial charge in [-0.1, -0.05) is 0 Å². The summed E-state index contributed by atoms with van der Waals surface area (Å²) in [7, 11) is 0. The number of carbonyl (C=O) groups excluding carboxylic acids is 1. The van der Waals surface area contributed by atoms with E-state index in [4.69, 9.17) is 5.11 Å². The van der Waals surface area contributed by atoms with Gasteiger partial charge in [-0.2, -0.15) is 0 Å². The lowest BCUT2D eigenvalue weighted by Crippen LogP contribution is -2.30. The lowest BCUT2D eigenvalue weighted by atomic mass is 10.1. The Labute approximate surface area is 121 Å². The van der Waals surface area contributed by atoms with Gasteiger partial charge in [0.15, 0.2) is 0 Å². The Morgan fingerprint density at radius 3 is 2.78 bits per heavy atom. The van der Waals surface area contributed by atoms with Crippen molar-refractivity contribution in [2.75, 3.05) is 6.54 Å². The van der Waals surface area contributed by atoms with E-state index in [0.29, 0.717) is 5.56 Å². The summed E-state index contributed by atoms with van der Waals surface area (Å²) in [4.78, 5) is 15.0. The molecule has 0 spiro atoms. The first-order valence-electron chi connectivity index (χ1n) is 5.41. The fourth-order valence-electron chi connectivity index (χ4n) is 1.64. The Bertz CT molecular complexity index is 593. The molecule has 1 heterocycles. The Morgan fingerprint density at radius 1 is 1.44 bits per heavy atom. The first-order valence-corrected chi connectivity index (χ1v) is 7.00. The average molecular weight is 376 g/mol. The topological polar surface area (TPSA) is 65.1 Å². The van der Waals surface area contributed by atoms with E-state index in [2.05, 4.69) is 42.2 Å². The Morgan fingerprint density at radius 2 is 2.11 bits per heavy atom. The zero-order valence-corrected chi connectivity index (χ0v) is 12.8. The van der Waals surface area contributed by atoms with Crippen molar-refractivity contribution in [2.45, 2.75) is 13.0 Å². The number of benzene rings is 1. The quantitative estimate of drug-likeness (QED) is 0.772. The van der Waals surface area contributed by atoms with Gasteiger partial charge < -0.3 is 15.4 Å². The monoisotopic (exact) mass is 374 g/mol. The van der Waals surface area contributed by atoms with E-state index in [-0.39, 0.29) is 12.5 Å². The van der Waals surface area contributed by atoms with Gasteiger partial charge in [0.25, 0.3) is 5.91 Å². The molecular formula is C12H12Br2N2O2. The molecule has 1 atom stereocenters. The van der Waals surface area contributed by atoms with Crippen LogP contribution in [0.15, 0.2) is 27.3 Å². The average Bonchev–Trinajstić information content (AvgIpc) is 2.69. The molecule has 1 aromatic heterocycles. The van der Waals surface area contributed by atoms with Crippen LogP contribution in [0, 0.1) is 0 Å². The third-order valence-electron chi connectivity index (χ3n) is 2.53. The van der Waals surface area contributed by atoms with Crippen LogP contribution in [-0.4, -0.2) is 28.6 Å². The summed E-state index contributed by atoms with van der Waals surface area (Å²) >= 11 is 6.83. The van der Waals surface area contributed by atoms with E-state index >= 15 is 0 Å². The number of H-pyrrole nitrogens is 1. The number of nitrogens with one attached hydrogen (secondary N) is 2. The van der Waals surface area contributed by atoms with Crippen molar-refractivity contribution in [1.82, 2.24) is 10.3 Å². The highest BCUT2D eigenvalue weighted by molar-refractivity contribution is 9.13. The van der Waals surface area contributed by atoms with Gasteiger partial charge in [-0.15, -0.1) is 0 Å². The van der Waals surface area contributed by atoms with Crippen LogP contribution in [-0.2, 0) is 0 Å². The molecule has 2 aromatic rings. The molecule has 18 heavy (non-hydrogen) atoms. The summed E-state index contributed by atoms with van der Waals surface area (Å²) in [5, 5.41) is 12.7. The first-order chi connectivity index (χ1) is 8.49. The second-order valence-electron chi connectivity index (χ2n) is 4.07. The Hall–Kier alpha value is -0.850. The molecule has 0 fully saturated rings. The molecule has 1 aromatic carbocycles. The Kier molecular flexibility index (Phi) is 4.09. The lowest BCUT2D eigenvalue weighted by Gasteiger charge is -2.06. The van der Waals surface area contributed by atoms with E-state index in [1.165, 1.54) is 0 Å². The summed E-state index contributed by atoms with van der Waals surface area (Å²) in [6.07, 6.45) is 1.11. The highest BCUT2D eigenvalue weighted by Gasteiger charge is 2.13. The molecule has 0 unspecified atom stereocenters. The van der Waals surface area contributed by atoms with Crippen molar-refractivity contribution < 1.29 is 9.90 Å². The number of aromatic nitrogens is 1. The third kappa shape index (κ3) is 2.76. The van der Waals surface area contributed by atoms with E-state index < -0.39 is 6.10 Å². The molecule has 0 saturated carbocycles. The van der Waals surface area contributed by atoms with Crippen LogP contribution in [0.4, 0.5) is 0 Å². The van der Waals surface area contributed by atoms with Crippen LogP contribution in [0.1, 0.15) is 17.3 Å². The summed E-state index contributed by atoms with van der Waals surface area (Å²) in [6.45, 7) is 1.87. The highest BCUT2D eigenvalue weighted by Crippen LogP contribution is 2.29. The smallest absolute Gasteiger partial charge is 0.253 e. The molecule has 0 radical (unpaired) electrons. The van der Waals surface area contributed by atoms with Gasteiger partial charge in [-0.3, -0.25) is 4.79 Å². The number of hydrogen-bond donors (Lipinski definition) is 3. The normalized spacial score (nSPS) is 12.7. The predicted molar refractivity (Wildman–Crippen MR) is 77.7 cm³/mol. The number of rotatable bonds is 3. The van der Waals surface area contributed by atoms with E-state index in [1.807, 2.05) is 12.1 Å². The zero-order valence-electron chi connectivity index (χ0n) is 9.63. The third-order valence-corrected chi connectivity index (χ3v) is 4.37. The molecule has 0 saturated heterocycles. The van der Waals surface area contributed by atoms with Crippen LogP contribution in [0.25, 0.3) is 10.9 Å². The maximum Gasteiger partial charge on any atom is 0.253 e. The number of amides is 1. The van der Waals surface area contributed by atoms with E-state index in [1.54, 1.807) is 13.1 Å². The number of fused-ring (bicyclic) bond motifs is 1. The predicted octanol–water partition coefficient (Wildman–Crippen LogP) is 2.80. The molecule has 2 rings (SSSR count). The summed E-state index contributed by atoms with van der Waals surface area (Å²) < 4.78 is 1.81. The van der Waals surface area contributed by atoms with Crippen LogP contribution in [0.3, 0.4) is 0 Å². The minimum absolute atomic E-state index is 0.198. The number of carbonyl (C=O) groups is 1. The first kappa shape index (κ1) is 13.6. The number of aliphatic hydroxyl groups is 1. The van der Waals surface area contributed by atoms with Crippen molar-refractivity contribution in [3.05, 3.63) is 32.8 Å². The summed E-state index contributed by atoms with van der Waals surface area (Å²) in [5.74, 6) is -0.198. The van der Waals surface area contributed by atoms with Gasteiger partial charge in [0, 0.05) is 32.6 Å². The number of hydrogen-bond acceptors (Lipinski definition) is 2. The van der Waals surface area contributed by atoms with Gasteiger partial charge in [-0.05, 0) is 50.9 Å². The van der Waals surface area contributed by atoms with Crippen LogP contribution >= 0.6 is 31.9 Å². The minimum atomic E-state index is -0.556. The van der Waals surface area contributed by atoms with Crippen molar-refractivity contribution >= 4 is 48.7 Å². The van der Waals surface area contributed by atoms with Crippen molar-refractivity contribution in [1.29, 1.82) is 0 Å². The van der Waals surface area contributed by atoms with Crippen LogP contribution in [0.5, 0.6) is 0 Å². The maximum atomic E-state index is 12.0. The van der Waals surface area contributed by atoms with Gasteiger partial charge >= 0.3 is 0 Å². The fraction of sp³-hybridized carbons (Fsp3) is 0.250. The standard InChI is InChI=1S/C12H12Br2N2O2/c1-6(17)4-16-12(18)8-5-15-11-3-10(14)9(13)2-7(8)11/h2-3,5-6,15,17H,4H2,1H3,(H,16,18)/t6-/m0/s1. The molecular weight excluding hydrogens is 364 g/mol. The molecule has 96 valence electrons. The highest BCUT2D eigenvalue weighted by atomic mass is 79.9. The molecule has 6 heteroatoms. The number of aliphatic hydroxyl groups excluding tert-OH is 1. The van der Waals surface area contributed by atoms with Crippen LogP contribution < -0.4 is 5.32 Å². The van der Waals surface area contributed by atoms with E-state index in [0.717, 1.165) is 19.8 Å². The molecule has 1 amide bonds. The molecule has 0 aliphatic carbocycles. The summed E-state index contributed by atoms with van der Waals surface area (Å²) in [5.41, 5.74) is 1.45. The van der Waals surface area contributed by atoms with Crippen LogP contribution in [0.2, 0.25) is 0 Å². The van der Waals surface area contributed by atoms with Gasteiger partial charge in [-0.25, -0.2) is 0 Å². The molecule has 0 aliphatic rings. The second kappa shape index (κ2) is 5.42. The minimum Gasteiger partial charge on any atom is -0.392 e. The van der Waals surface area contributed by atoms with Gasteiger partial charge in [0.1, 0.15) is 0 Å².